The van der Waals surface area contributed by atoms with Crippen LogP contribution < -0.4 is 0 Å². The molecule has 1 aromatic rings. The zero-order valence-electron chi connectivity index (χ0n) is 7.38. The van der Waals surface area contributed by atoms with Crippen LogP contribution in [0.15, 0.2) is 28.7 Å². The Bertz CT molecular complexity index is 476. The molecule has 0 spiro atoms. The third-order valence-electron chi connectivity index (χ3n) is 1.44. The minimum Gasteiger partial charge on any atom is -0.247 e. The highest BCUT2D eigenvalue weighted by Crippen LogP contribution is 2.06. The molecule has 0 fully saturated rings. The molecule has 0 radical (unpaired) electrons. The fourth-order valence-electron chi connectivity index (χ4n) is 0.795. The highest BCUT2D eigenvalue weighted by Gasteiger charge is 2.08. The number of isocyanates is 1. The summed E-state index contributed by atoms with van der Waals surface area (Å²) < 4.78 is 40.7. The number of halogens is 1. The fraction of sp³-hybridized carbons (Fsp3) is 0.125. The van der Waals surface area contributed by atoms with Crippen LogP contribution >= 0.6 is 0 Å². The van der Waals surface area contributed by atoms with E-state index >= 15 is 0 Å². The molecule has 0 unspecified atom stereocenters. The number of rotatable bonds is 4. The number of nitrogens with zero attached hydrogens (tertiary/aromatic N) is 1. The Balaban J connectivity index is 2.65. The van der Waals surface area contributed by atoms with Crippen molar-refractivity contribution in [2.75, 3.05) is 0 Å². The van der Waals surface area contributed by atoms with Gasteiger partial charge in [0.2, 0.25) is 0 Å². The summed E-state index contributed by atoms with van der Waals surface area (Å²) in [5.41, 5.74) is 0.445. The van der Waals surface area contributed by atoms with Gasteiger partial charge in [0, 0.05) is 0 Å². The summed E-state index contributed by atoms with van der Waals surface area (Å²) >= 11 is 0. The van der Waals surface area contributed by atoms with Crippen molar-refractivity contribution in [3.8, 4) is 0 Å². The maximum atomic E-state index is 12.5. The van der Waals surface area contributed by atoms with E-state index in [9.17, 15) is 17.6 Å². The quantitative estimate of drug-likeness (QED) is 0.570. The lowest BCUT2D eigenvalue weighted by molar-refractivity contribution is 0.308. The lowest BCUT2D eigenvalue weighted by atomic mass is 10.2. The van der Waals surface area contributed by atoms with Gasteiger partial charge in [-0.05, 0) is 17.7 Å². The van der Waals surface area contributed by atoms with Gasteiger partial charge in [-0.1, -0.05) is 16.5 Å². The van der Waals surface area contributed by atoms with Gasteiger partial charge in [-0.3, -0.25) is 0 Å². The van der Waals surface area contributed by atoms with Crippen LogP contribution in [0.3, 0.4) is 0 Å². The monoisotopic (exact) mass is 231 g/mol. The molecule has 1 aromatic carbocycles. The van der Waals surface area contributed by atoms with Gasteiger partial charge in [-0.25, -0.2) is 13.4 Å². The second kappa shape index (κ2) is 4.79. The largest absolute Gasteiger partial charge is 0.391 e. The standard InChI is InChI=1S/C8H6FNO4S/c9-8-3-1-7(2-4-8)5-14-15(12,13)10-6-11/h1-4H,5H2. The Hall–Kier alpha value is -1.56. The van der Waals surface area contributed by atoms with Crippen LogP contribution in [-0.2, 0) is 25.9 Å². The Morgan fingerprint density at radius 2 is 1.93 bits per heavy atom. The van der Waals surface area contributed by atoms with Crippen LogP contribution in [0.2, 0.25) is 0 Å². The average Bonchev–Trinajstić information content (AvgIpc) is 2.17. The van der Waals surface area contributed by atoms with Gasteiger partial charge < -0.3 is 0 Å². The molecule has 0 N–H and O–H groups in total. The Labute approximate surface area is 85.5 Å². The second-order valence-electron chi connectivity index (χ2n) is 2.50. The molecule has 0 aliphatic heterocycles. The third kappa shape index (κ3) is 3.99. The van der Waals surface area contributed by atoms with E-state index in [0.29, 0.717) is 5.56 Å². The molecule has 0 aliphatic carbocycles. The third-order valence-corrected chi connectivity index (χ3v) is 2.15. The first-order valence-corrected chi connectivity index (χ1v) is 5.13. The van der Waals surface area contributed by atoms with E-state index in [2.05, 4.69) is 8.58 Å². The molecule has 5 nitrogen and oxygen atoms in total. The predicted molar refractivity (Wildman–Crippen MR) is 48.2 cm³/mol. The van der Waals surface area contributed by atoms with E-state index in [1.54, 1.807) is 0 Å². The van der Waals surface area contributed by atoms with Crippen molar-refractivity contribution in [3.05, 3.63) is 35.6 Å². The van der Waals surface area contributed by atoms with E-state index in [1.165, 1.54) is 12.1 Å². The van der Waals surface area contributed by atoms with Gasteiger partial charge in [0.1, 0.15) is 5.82 Å². The van der Waals surface area contributed by atoms with Gasteiger partial charge >= 0.3 is 10.3 Å². The summed E-state index contributed by atoms with van der Waals surface area (Å²) in [6.45, 7) is -0.312. The molecule has 0 saturated heterocycles. The van der Waals surface area contributed by atoms with Crippen LogP contribution in [0.4, 0.5) is 4.39 Å². The van der Waals surface area contributed by atoms with Gasteiger partial charge in [-0.15, -0.1) is 0 Å². The summed E-state index contributed by atoms with van der Waals surface area (Å²) in [5.74, 6) is -0.437. The van der Waals surface area contributed by atoms with Crippen LogP contribution in [0, 0.1) is 5.82 Å². The molecule has 0 atom stereocenters. The predicted octanol–water partition coefficient (Wildman–Crippen LogP) is 0.923. The van der Waals surface area contributed by atoms with Crippen LogP contribution in [-0.4, -0.2) is 14.5 Å². The minimum absolute atomic E-state index is 0.312. The van der Waals surface area contributed by atoms with Crippen molar-refractivity contribution in [3.63, 3.8) is 0 Å². The topological polar surface area (TPSA) is 72.8 Å². The van der Waals surface area contributed by atoms with E-state index < -0.39 is 16.1 Å². The maximum Gasteiger partial charge on any atom is 0.391 e. The molecule has 0 saturated carbocycles. The Morgan fingerprint density at radius 1 is 1.33 bits per heavy atom. The number of benzene rings is 1. The highest BCUT2D eigenvalue weighted by molar-refractivity contribution is 7.85. The smallest absolute Gasteiger partial charge is 0.247 e. The average molecular weight is 231 g/mol. The Morgan fingerprint density at radius 3 is 2.47 bits per heavy atom. The SMILES string of the molecule is O=C=NS(=O)(=O)OCc1ccc(F)cc1. The zero-order chi connectivity index (χ0) is 11.3. The molecule has 0 aliphatic rings. The molecule has 1 rings (SSSR count). The van der Waals surface area contributed by atoms with E-state index in [0.717, 1.165) is 18.2 Å². The number of hydrogen-bond donors (Lipinski definition) is 0. The number of carbonyl (C=O) groups excluding carboxylic acids is 1. The highest BCUT2D eigenvalue weighted by atomic mass is 32.2. The zero-order valence-corrected chi connectivity index (χ0v) is 8.20. The molecule has 0 bridgehead atoms. The molecule has 0 heterocycles. The summed E-state index contributed by atoms with van der Waals surface area (Å²) in [6.07, 6.45) is 0.855. The van der Waals surface area contributed by atoms with Gasteiger partial charge in [0.25, 0.3) is 6.08 Å². The van der Waals surface area contributed by atoms with Crippen LogP contribution in [0.25, 0.3) is 0 Å². The molecule has 15 heavy (non-hydrogen) atoms. The molecule has 7 heteroatoms. The number of hydrogen-bond acceptors (Lipinski definition) is 4. The van der Waals surface area contributed by atoms with Crippen molar-refractivity contribution in [1.29, 1.82) is 0 Å². The van der Waals surface area contributed by atoms with Crippen LogP contribution in [0.1, 0.15) is 5.56 Å². The molecular formula is C8H6FNO4S. The normalized spacial score (nSPS) is 10.7. The van der Waals surface area contributed by atoms with Gasteiger partial charge in [-0.2, -0.15) is 8.42 Å². The molecule has 0 amide bonds. The summed E-state index contributed by atoms with van der Waals surface area (Å²) in [6, 6.07) is 5.04. The second-order valence-corrected chi connectivity index (χ2v) is 3.77. The fourth-order valence-corrected chi connectivity index (χ4v) is 1.22. The lowest BCUT2D eigenvalue weighted by Crippen LogP contribution is -2.01. The van der Waals surface area contributed by atoms with Crippen molar-refractivity contribution >= 4 is 16.4 Å². The minimum atomic E-state index is -4.23. The molecule has 0 aromatic heterocycles. The first-order chi connectivity index (χ1) is 7.03. The summed E-state index contributed by atoms with van der Waals surface area (Å²) in [5, 5.41) is 0. The van der Waals surface area contributed by atoms with Crippen molar-refractivity contribution in [2.45, 2.75) is 6.61 Å². The summed E-state index contributed by atoms with van der Waals surface area (Å²) in [7, 11) is -4.23. The van der Waals surface area contributed by atoms with Crippen LogP contribution in [0.5, 0.6) is 0 Å². The van der Waals surface area contributed by atoms with E-state index in [4.69, 9.17) is 0 Å². The van der Waals surface area contributed by atoms with E-state index in [-0.39, 0.29) is 6.61 Å². The van der Waals surface area contributed by atoms with Crippen molar-refractivity contribution < 1.29 is 21.8 Å². The molecular weight excluding hydrogens is 225 g/mol. The van der Waals surface area contributed by atoms with Gasteiger partial charge in [0.15, 0.2) is 0 Å². The Kier molecular flexibility index (Phi) is 3.68. The lowest BCUT2D eigenvalue weighted by Gasteiger charge is -1.99. The van der Waals surface area contributed by atoms with E-state index in [1.807, 2.05) is 0 Å². The van der Waals surface area contributed by atoms with Crippen molar-refractivity contribution in [1.82, 2.24) is 0 Å². The maximum absolute atomic E-state index is 12.5. The summed E-state index contributed by atoms with van der Waals surface area (Å²) in [4.78, 5) is 9.68. The first kappa shape index (κ1) is 11.5. The van der Waals surface area contributed by atoms with Gasteiger partial charge in [0.05, 0.1) is 6.61 Å². The molecule has 80 valence electrons. The van der Waals surface area contributed by atoms with Crippen molar-refractivity contribution in [2.24, 2.45) is 4.40 Å². The first-order valence-electron chi connectivity index (χ1n) is 3.76.